The molecule has 3 heterocycles. The van der Waals surface area contributed by atoms with Gasteiger partial charge >= 0.3 is 4.87 Å². The minimum Gasteiger partial charge on any atom is -0.493 e. The summed E-state index contributed by atoms with van der Waals surface area (Å²) in [6.07, 6.45) is 4.39. The summed E-state index contributed by atoms with van der Waals surface area (Å²) in [4.78, 5) is 20.0. The highest BCUT2D eigenvalue weighted by atomic mass is 32.1. The van der Waals surface area contributed by atoms with E-state index in [1.54, 1.807) is 17.6 Å². The average Bonchev–Trinajstić information content (AvgIpc) is 3.25. The molecule has 0 saturated heterocycles. The van der Waals surface area contributed by atoms with Crippen molar-refractivity contribution in [1.82, 2.24) is 4.98 Å². The Morgan fingerprint density at radius 3 is 2.91 bits per heavy atom. The van der Waals surface area contributed by atoms with Gasteiger partial charge in [0.25, 0.3) is 0 Å². The fraction of sp³-hybridized carbons (Fsp3) is 0.0588. The van der Waals surface area contributed by atoms with Gasteiger partial charge in [0.2, 0.25) is 5.88 Å². The zero-order chi connectivity index (χ0) is 15.8. The van der Waals surface area contributed by atoms with Crippen molar-refractivity contribution in [3.63, 3.8) is 0 Å². The van der Waals surface area contributed by atoms with Crippen LogP contribution in [0.15, 0.2) is 45.5 Å². The molecule has 23 heavy (non-hydrogen) atoms. The third-order valence-electron chi connectivity index (χ3n) is 3.70. The number of fused-ring (bicyclic) bond motifs is 1. The largest absolute Gasteiger partial charge is 0.493 e. The molecule has 0 aliphatic carbocycles. The molecule has 0 fully saturated rings. The van der Waals surface area contributed by atoms with Crippen LogP contribution in [0.5, 0.6) is 5.88 Å². The van der Waals surface area contributed by atoms with Gasteiger partial charge in [-0.2, -0.15) is 0 Å². The van der Waals surface area contributed by atoms with Crippen molar-refractivity contribution in [2.45, 2.75) is 6.42 Å². The molecular weight excluding hydrogens is 328 g/mol. The number of benzene rings is 1. The van der Waals surface area contributed by atoms with Crippen molar-refractivity contribution in [1.29, 1.82) is 0 Å². The number of thiophene rings is 1. The number of aliphatic imine (C=N–C) groups is 1. The molecule has 0 amide bonds. The lowest BCUT2D eigenvalue weighted by molar-refractivity contribution is 0.454. The molecule has 2 aromatic heterocycles. The first-order valence-electron chi connectivity index (χ1n) is 7.04. The number of nitrogens with one attached hydrogen (secondary N) is 1. The highest BCUT2D eigenvalue weighted by Crippen LogP contribution is 2.28. The van der Waals surface area contributed by atoms with Crippen molar-refractivity contribution in [2.75, 3.05) is 0 Å². The van der Waals surface area contributed by atoms with E-state index in [0.29, 0.717) is 11.3 Å². The number of aromatic hydroxyl groups is 1. The lowest BCUT2D eigenvalue weighted by Crippen LogP contribution is -2.27. The van der Waals surface area contributed by atoms with Gasteiger partial charge < -0.3 is 5.11 Å². The number of aromatic amines is 1. The molecule has 0 atom stereocenters. The number of thiazole rings is 1. The maximum Gasteiger partial charge on any atom is 0.307 e. The Morgan fingerprint density at radius 1 is 1.26 bits per heavy atom. The first-order chi connectivity index (χ1) is 11.2. The molecule has 0 bridgehead atoms. The second-order valence-electron chi connectivity index (χ2n) is 5.11. The number of H-pyrrole nitrogens is 1. The summed E-state index contributed by atoms with van der Waals surface area (Å²) >= 11 is 2.70. The molecule has 0 spiro atoms. The van der Waals surface area contributed by atoms with Crippen LogP contribution in [-0.4, -0.2) is 16.3 Å². The minimum absolute atomic E-state index is 0.0666. The van der Waals surface area contributed by atoms with Crippen LogP contribution in [0.2, 0.25) is 0 Å². The molecule has 2 N–H and O–H groups in total. The van der Waals surface area contributed by atoms with E-state index in [0.717, 1.165) is 33.0 Å². The zero-order valence-corrected chi connectivity index (χ0v) is 13.6. The lowest BCUT2D eigenvalue weighted by Gasteiger charge is -2.06. The lowest BCUT2D eigenvalue weighted by atomic mass is 10.0. The molecule has 1 aliphatic rings. The van der Waals surface area contributed by atoms with Crippen molar-refractivity contribution in [2.24, 2.45) is 4.99 Å². The van der Waals surface area contributed by atoms with Crippen molar-refractivity contribution >= 4 is 46.2 Å². The zero-order valence-electron chi connectivity index (χ0n) is 11.9. The van der Waals surface area contributed by atoms with E-state index in [2.05, 4.69) is 16.0 Å². The molecule has 0 radical (unpaired) electrons. The maximum atomic E-state index is 11.6. The first-order valence-corrected chi connectivity index (χ1v) is 8.73. The van der Waals surface area contributed by atoms with Crippen LogP contribution in [0.1, 0.15) is 9.75 Å². The van der Waals surface area contributed by atoms with Crippen LogP contribution in [0, 0.1) is 0 Å². The van der Waals surface area contributed by atoms with E-state index in [-0.39, 0.29) is 10.8 Å². The molecule has 0 unspecified atom stereocenters. The summed E-state index contributed by atoms with van der Waals surface area (Å²) in [5.41, 5.74) is 1.85. The van der Waals surface area contributed by atoms with Gasteiger partial charge in [-0.25, -0.2) is 0 Å². The van der Waals surface area contributed by atoms with E-state index < -0.39 is 0 Å². The van der Waals surface area contributed by atoms with Crippen molar-refractivity contribution in [3.05, 3.63) is 65.6 Å². The highest BCUT2D eigenvalue weighted by Gasteiger charge is 2.15. The van der Waals surface area contributed by atoms with E-state index in [1.807, 2.05) is 35.7 Å². The molecule has 0 saturated carbocycles. The molecule has 114 valence electrons. The smallest absolute Gasteiger partial charge is 0.307 e. The molecule has 4 nitrogen and oxygen atoms in total. The van der Waals surface area contributed by atoms with Crippen molar-refractivity contribution in [3.8, 4) is 5.88 Å². The Balaban J connectivity index is 2.04. The van der Waals surface area contributed by atoms with Gasteiger partial charge in [-0.05, 0) is 34.4 Å². The minimum atomic E-state index is -0.256. The van der Waals surface area contributed by atoms with Crippen molar-refractivity contribution < 1.29 is 5.11 Å². The number of nitrogens with zero attached hydrogens (tertiary/aromatic N) is 1. The van der Waals surface area contributed by atoms with Crippen LogP contribution in [0.4, 0.5) is 5.69 Å². The van der Waals surface area contributed by atoms with Gasteiger partial charge in [-0.3, -0.25) is 14.8 Å². The molecular formula is C17H12N2O2S2. The van der Waals surface area contributed by atoms with Gasteiger partial charge in [0, 0.05) is 22.7 Å². The highest BCUT2D eigenvalue weighted by molar-refractivity contribution is 7.11. The van der Waals surface area contributed by atoms with Gasteiger partial charge in [0.15, 0.2) is 0 Å². The Kier molecular flexibility index (Phi) is 3.48. The predicted molar refractivity (Wildman–Crippen MR) is 95.4 cm³/mol. The number of hydrogen-bond acceptors (Lipinski definition) is 5. The van der Waals surface area contributed by atoms with Gasteiger partial charge in [-0.15, -0.1) is 11.3 Å². The number of rotatable bonds is 3. The SMILES string of the molecule is O=c1[nH]c(O)c(C(Cc2cccs2)=c2cccc3c2=CC=N3)s1. The molecule has 4 rings (SSSR count). The monoisotopic (exact) mass is 340 g/mol. The second-order valence-corrected chi connectivity index (χ2v) is 7.13. The van der Waals surface area contributed by atoms with Crippen LogP contribution in [0.3, 0.4) is 0 Å². The van der Waals surface area contributed by atoms with Crippen LogP contribution < -0.4 is 15.3 Å². The third kappa shape index (κ3) is 2.56. The summed E-state index contributed by atoms with van der Waals surface area (Å²) in [7, 11) is 0. The van der Waals surface area contributed by atoms with Gasteiger partial charge in [0.05, 0.1) is 10.6 Å². The molecule has 1 aliphatic heterocycles. The summed E-state index contributed by atoms with van der Waals surface area (Å²) in [6, 6.07) is 9.98. The van der Waals surface area contributed by atoms with E-state index in [9.17, 15) is 9.90 Å². The number of aromatic nitrogens is 1. The number of hydrogen-bond donors (Lipinski definition) is 2. The predicted octanol–water partition coefficient (Wildman–Crippen LogP) is 2.14. The third-order valence-corrected chi connectivity index (χ3v) is 5.51. The standard InChI is InChI=1S/C17H12N2O2S2/c20-16-15(23-17(21)19-16)13(9-10-3-2-8-22-10)11-4-1-5-14-12(11)6-7-18-14/h1-8,20H,9H2,(H,19,21). The maximum absolute atomic E-state index is 11.6. The van der Waals surface area contributed by atoms with E-state index in [1.165, 1.54) is 4.88 Å². The average molecular weight is 340 g/mol. The van der Waals surface area contributed by atoms with Crippen LogP contribution in [0.25, 0.3) is 11.6 Å². The quantitative estimate of drug-likeness (QED) is 0.767. The first kappa shape index (κ1) is 14.2. The summed E-state index contributed by atoms with van der Waals surface area (Å²) in [5.74, 6) is -0.0666. The van der Waals surface area contributed by atoms with Gasteiger partial charge in [-0.1, -0.05) is 29.5 Å². The Hall–Kier alpha value is -2.44. The molecule has 3 aromatic rings. The van der Waals surface area contributed by atoms with E-state index >= 15 is 0 Å². The summed E-state index contributed by atoms with van der Waals surface area (Å²) < 4.78 is 0. The Bertz CT molecular complexity index is 1070. The Labute approximate surface area is 139 Å². The summed E-state index contributed by atoms with van der Waals surface area (Å²) in [5, 5.41) is 14.2. The van der Waals surface area contributed by atoms with Crippen LogP contribution >= 0.6 is 22.7 Å². The fourth-order valence-corrected chi connectivity index (χ4v) is 4.21. The topological polar surface area (TPSA) is 65.5 Å². The fourth-order valence-electron chi connectivity index (χ4n) is 2.71. The van der Waals surface area contributed by atoms with Gasteiger partial charge in [0.1, 0.15) is 0 Å². The Morgan fingerprint density at radius 2 is 2.17 bits per heavy atom. The second kappa shape index (κ2) is 5.64. The van der Waals surface area contributed by atoms with E-state index in [4.69, 9.17) is 0 Å². The molecule has 6 heteroatoms. The summed E-state index contributed by atoms with van der Waals surface area (Å²) in [6.45, 7) is 0. The van der Waals surface area contributed by atoms with Crippen LogP contribution in [-0.2, 0) is 6.42 Å². The normalized spacial score (nSPS) is 13.7. The molecule has 1 aromatic carbocycles.